The number of amides is 1. The van der Waals surface area contributed by atoms with Gasteiger partial charge in [-0.15, -0.1) is 0 Å². The van der Waals surface area contributed by atoms with Gasteiger partial charge in [-0.2, -0.15) is 0 Å². The first kappa shape index (κ1) is 14.4. The Morgan fingerprint density at radius 3 is 2.83 bits per heavy atom. The van der Waals surface area contributed by atoms with Crippen molar-refractivity contribution in [3.63, 3.8) is 0 Å². The summed E-state index contributed by atoms with van der Waals surface area (Å²) in [5.74, 6) is 0.0228. The summed E-state index contributed by atoms with van der Waals surface area (Å²) in [6.07, 6.45) is 3.15. The SMILES string of the molecule is CCC(CCO)CNC(=O)c1ccn(C)c(=O)c1. The number of hydrogen-bond donors (Lipinski definition) is 2. The highest BCUT2D eigenvalue weighted by Gasteiger charge is 2.10. The van der Waals surface area contributed by atoms with E-state index in [0.717, 1.165) is 6.42 Å². The van der Waals surface area contributed by atoms with Crippen molar-refractivity contribution in [1.29, 1.82) is 0 Å². The van der Waals surface area contributed by atoms with Crippen molar-refractivity contribution in [3.05, 3.63) is 34.2 Å². The molecule has 5 heteroatoms. The molecule has 0 spiro atoms. The lowest BCUT2D eigenvalue weighted by Crippen LogP contribution is -2.30. The lowest BCUT2D eigenvalue weighted by Gasteiger charge is -2.14. The number of pyridine rings is 1. The van der Waals surface area contributed by atoms with Crippen molar-refractivity contribution >= 4 is 5.91 Å². The summed E-state index contributed by atoms with van der Waals surface area (Å²) in [7, 11) is 1.64. The van der Waals surface area contributed by atoms with Crippen molar-refractivity contribution in [2.75, 3.05) is 13.2 Å². The minimum absolute atomic E-state index is 0.125. The summed E-state index contributed by atoms with van der Waals surface area (Å²) in [5, 5.41) is 11.6. The number of aryl methyl sites for hydroxylation is 1. The third kappa shape index (κ3) is 4.00. The molecule has 1 unspecified atom stereocenters. The van der Waals surface area contributed by atoms with E-state index < -0.39 is 0 Å². The molecule has 0 aliphatic rings. The highest BCUT2D eigenvalue weighted by molar-refractivity contribution is 5.93. The van der Waals surface area contributed by atoms with Crippen LogP contribution in [0.15, 0.2) is 23.1 Å². The normalized spacial score (nSPS) is 12.2. The van der Waals surface area contributed by atoms with Gasteiger partial charge in [-0.25, -0.2) is 0 Å². The summed E-state index contributed by atoms with van der Waals surface area (Å²) in [6.45, 7) is 2.66. The zero-order valence-corrected chi connectivity index (χ0v) is 10.8. The maximum Gasteiger partial charge on any atom is 0.251 e. The maximum atomic E-state index is 11.8. The molecule has 1 aromatic rings. The number of aliphatic hydroxyl groups excluding tert-OH is 1. The van der Waals surface area contributed by atoms with Gasteiger partial charge in [-0.1, -0.05) is 13.3 Å². The Morgan fingerprint density at radius 2 is 2.28 bits per heavy atom. The monoisotopic (exact) mass is 252 g/mol. The van der Waals surface area contributed by atoms with Gasteiger partial charge in [0.1, 0.15) is 0 Å². The Labute approximate surface area is 106 Å². The molecule has 1 atom stereocenters. The van der Waals surface area contributed by atoms with Crippen LogP contribution in [0.5, 0.6) is 0 Å². The van der Waals surface area contributed by atoms with Gasteiger partial charge in [-0.3, -0.25) is 9.59 Å². The van der Waals surface area contributed by atoms with Crippen molar-refractivity contribution in [2.24, 2.45) is 13.0 Å². The van der Waals surface area contributed by atoms with Crippen LogP contribution in [0.25, 0.3) is 0 Å². The van der Waals surface area contributed by atoms with Crippen molar-refractivity contribution in [2.45, 2.75) is 19.8 Å². The highest BCUT2D eigenvalue weighted by atomic mass is 16.3. The Kier molecular flexibility index (Phi) is 5.58. The van der Waals surface area contributed by atoms with Gasteiger partial charge in [-0.05, 0) is 18.4 Å². The van der Waals surface area contributed by atoms with Gasteiger partial charge in [0.2, 0.25) is 0 Å². The third-order valence-corrected chi connectivity index (χ3v) is 3.03. The predicted octanol–water partition coefficient (Wildman–Crippen LogP) is 0.524. The van der Waals surface area contributed by atoms with Crippen LogP contribution in [0.4, 0.5) is 0 Å². The largest absolute Gasteiger partial charge is 0.396 e. The molecule has 1 rings (SSSR count). The molecule has 1 amide bonds. The second-order valence-electron chi connectivity index (χ2n) is 4.36. The summed E-state index contributed by atoms with van der Waals surface area (Å²) >= 11 is 0. The molecular weight excluding hydrogens is 232 g/mol. The van der Waals surface area contributed by atoms with Crippen LogP contribution in [-0.2, 0) is 7.05 Å². The quantitative estimate of drug-likeness (QED) is 0.775. The lowest BCUT2D eigenvalue weighted by atomic mass is 10.0. The number of nitrogens with one attached hydrogen (secondary N) is 1. The van der Waals surface area contributed by atoms with Gasteiger partial charge in [0.25, 0.3) is 11.5 Å². The molecule has 0 radical (unpaired) electrons. The van der Waals surface area contributed by atoms with Crippen LogP contribution in [-0.4, -0.2) is 28.7 Å². The van der Waals surface area contributed by atoms with Crippen molar-refractivity contribution < 1.29 is 9.90 Å². The Morgan fingerprint density at radius 1 is 1.56 bits per heavy atom. The van der Waals surface area contributed by atoms with Crippen molar-refractivity contribution in [1.82, 2.24) is 9.88 Å². The molecule has 1 heterocycles. The van der Waals surface area contributed by atoms with Crippen molar-refractivity contribution in [3.8, 4) is 0 Å². The molecule has 0 fully saturated rings. The van der Waals surface area contributed by atoms with Gasteiger partial charge >= 0.3 is 0 Å². The van der Waals surface area contributed by atoms with Crippen LogP contribution in [0, 0.1) is 5.92 Å². The number of hydrogen-bond acceptors (Lipinski definition) is 3. The van der Waals surface area contributed by atoms with E-state index in [1.165, 1.54) is 10.6 Å². The first-order valence-electron chi connectivity index (χ1n) is 6.14. The van der Waals surface area contributed by atoms with E-state index in [9.17, 15) is 9.59 Å². The molecule has 0 bridgehead atoms. The number of aromatic nitrogens is 1. The molecule has 1 aromatic heterocycles. The molecule has 5 nitrogen and oxygen atoms in total. The zero-order valence-electron chi connectivity index (χ0n) is 10.8. The van der Waals surface area contributed by atoms with E-state index in [4.69, 9.17) is 5.11 Å². The standard InChI is InChI=1S/C13H20N2O3/c1-3-10(5-7-16)9-14-13(18)11-4-6-15(2)12(17)8-11/h4,6,8,10,16H,3,5,7,9H2,1-2H3,(H,14,18). The van der Waals surface area contributed by atoms with E-state index in [1.54, 1.807) is 19.3 Å². The summed E-state index contributed by atoms with van der Waals surface area (Å²) in [6, 6.07) is 2.94. The molecule has 0 aromatic carbocycles. The van der Waals surface area contributed by atoms with Gasteiger partial charge in [0, 0.05) is 38.0 Å². The molecule has 2 N–H and O–H groups in total. The second-order valence-corrected chi connectivity index (χ2v) is 4.36. The minimum Gasteiger partial charge on any atom is -0.396 e. The Bertz CT molecular complexity index is 454. The zero-order chi connectivity index (χ0) is 13.5. The molecule has 0 saturated carbocycles. The Hall–Kier alpha value is -1.62. The minimum atomic E-state index is -0.246. The predicted molar refractivity (Wildman–Crippen MR) is 69.5 cm³/mol. The van der Waals surface area contributed by atoms with E-state index in [2.05, 4.69) is 5.32 Å². The molecule has 0 aliphatic carbocycles. The number of carbonyl (C=O) groups is 1. The second kappa shape index (κ2) is 6.96. The van der Waals surface area contributed by atoms with E-state index >= 15 is 0 Å². The number of carbonyl (C=O) groups excluding carboxylic acids is 1. The maximum absolute atomic E-state index is 11.8. The molecular formula is C13H20N2O3. The van der Waals surface area contributed by atoms with Crippen LogP contribution in [0.1, 0.15) is 30.1 Å². The Balaban J connectivity index is 2.59. The van der Waals surface area contributed by atoms with Crippen LogP contribution in [0.3, 0.4) is 0 Å². The highest BCUT2D eigenvalue weighted by Crippen LogP contribution is 2.06. The van der Waals surface area contributed by atoms with Crippen LogP contribution >= 0.6 is 0 Å². The fourth-order valence-electron chi connectivity index (χ4n) is 1.66. The van der Waals surface area contributed by atoms with Gasteiger partial charge < -0.3 is 15.0 Å². The van der Waals surface area contributed by atoms with Gasteiger partial charge in [0.15, 0.2) is 0 Å². The molecule has 18 heavy (non-hydrogen) atoms. The number of aliphatic hydroxyl groups is 1. The average molecular weight is 252 g/mol. The topological polar surface area (TPSA) is 71.3 Å². The van der Waals surface area contributed by atoms with E-state index in [0.29, 0.717) is 18.5 Å². The van der Waals surface area contributed by atoms with E-state index in [1.807, 2.05) is 6.92 Å². The molecule has 0 saturated heterocycles. The van der Waals surface area contributed by atoms with E-state index in [-0.39, 0.29) is 24.0 Å². The number of nitrogens with zero attached hydrogens (tertiary/aromatic N) is 1. The first-order chi connectivity index (χ1) is 8.58. The molecule has 100 valence electrons. The fourth-order valence-corrected chi connectivity index (χ4v) is 1.66. The smallest absolute Gasteiger partial charge is 0.251 e. The summed E-state index contributed by atoms with van der Waals surface area (Å²) in [4.78, 5) is 23.2. The third-order valence-electron chi connectivity index (χ3n) is 3.03. The summed E-state index contributed by atoms with van der Waals surface area (Å²) in [5.41, 5.74) is 0.169. The average Bonchev–Trinajstić information content (AvgIpc) is 2.37. The fraction of sp³-hybridized carbons (Fsp3) is 0.538. The van der Waals surface area contributed by atoms with Crippen LogP contribution < -0.4 is 10.9 Å². The first-order valence-corrected chi connectivity index (χ1v) is 6.14. The van der Waals surface area contributed by atoms with Gasteiger partial charge in [0.05, 0.1) is 0 Å². The number of rotatable bonds is 6. The van der Waals surface area contributed by atoms with Crippen LogP contribution in [0.2, 0.25) is 0 Å². The summed E-state index contributed by atoms with van der Waals surface area (Å²) < 4.78 is 1.41. The lowest BCUT2D eigenvalue weighted by molar-refractivity contribution is 0.0943. The molecule has 0 aliphatic heterocycles.